The van der Waals surface area contributed by atoms with Crippen molar-refractivity contribution in [3.8, 4) is 22.8 Å². The molecule has 28 heavy (non-hydrogen) atoms. The van der Waals surface area contributed by atoms with Crippen molar-refractivity contribution in [1.82, 2.24) is 18.9 Å². The second kappa shape index (κ2) is 7.36. The minimum absolute atomic E-state index is 0.189. The van der Waals surface area contributed by atoms with Crippen LogP contribution in [0.15, 0.2) is 59.8 Å². The van der Waals surface area contributed by atoms with Gasteiger partial charge in [-0.15, -0.1) is 0 Å². The number of pyridine rings is 1. The number of benzene rings is 1. The smallest absolute Gasteiger partial charge is 0.333 e. The molecule has 0 saturated heterocycles. The number of imidazole rings is 1. The maximum atomic E-state index is 12.5. The highest BCUT2D eigenvalue weighted by molar-refractivity contribution is 6.30. The van der Waals surface area contributed by atoms with Crippen molar-refractivity contribution in [2.75, 3.05) is 7.11 Å². The Morgan fingerprint density at radius 2 is 1.89 bits per heavy atom. The summed E-state index contributed by atoms with van der Waals surface area (Å²) in [7, 11) is 3.26. The third-order valence-electron chi connectivity index (χ3n) is 4.28. The van der Waals surface area contributed by atoms with Gasteiger partial charge in [0.05, 0.1) is 12.8 Å². The molecule has 0 saturated carbocycles. The molecule has 0 aliphatic carbocycles. The van der Waals surface area contributed by atoms with E-state index in [1.165, 1.54) is 8.97 Å². The summed E-state index contributed by atoms with van der Waals surface area (Å²) in [6.45, 7) is 0.229. The number of halogens is 1. The fraction of sp³-hybridized carbons (Fsp3) is 0.150. The maximum Gasteiger partial charge on any atom is 0.333 e. The quantitative estimate of drug-likeness (QED) is 0.517. The van der Waals surface area contributed by atoms with Gasteiger partial charge in [-0.3, -0.25) is 4.40 Å². The molecule has 0 bridgehead atoms. The van der Waals surface area contributed by atoms with Crippen molar-refractivity contribution < 1.29 is 9.47 Å². The Bertz CT molecular complexity index is 1180. The maximum absolute atomic E-state index is 12.5. The van der Waals surface area contributed by atoms with Gasteiger partial charge >= 0.3 is 5.69 Å². The van der Waals surface area contributed by atoms with E-state index in [0.29, 0.717) is 28.0 Å². The minimum Gasteiger partial charge on any atom is -0.487 e. The van der Waals surface area contributed by atoms with Crippen molar-refractivity contribution in [3.63, 3.8) is 0 Å². The lowest BCUT2D eigenvalue weighted by molar-refractivity contribution is 0.302. The molecule has 0 unspecified atom stereocenters. The SMILES string of the molecule is COc1ccc(-c2cn(C)c(=O)n3cc(COc4ccc(Cl)cc4)nc23)cn1. The predicted octanol–water partition coefficient (Wildman–Crippen LogP) is 3.34. The number of hydrogen-bond acceptors (Lipinski definition) is 5. The molecule has 0 atom stereocenters. The van der Waals surface area contributed by atoms with Gasteiger partial charge < -0.3 is 14.0 Å². The molecule has 4 rings (SSSR count). The van der Waals surface area contributed by atoms with Crippen LogP contribution in [-0.2, 0) is 13.7 Å². The van der Waals surface area contributed by atoms with Crippen LogP contribution < -0.4 is 15.2 Å². The van der Waals surface area contributed by atoms with E-state index in [2.05, 4.69) is 9.97 Å². The molecular formula is C20H17ClN4O3. The number of aryl methyl sites for hydroxylation is 1. The molecule has 0 fully saturated rings. The highest BCUT2D eigenvalue weighted by Gasteiger charge is 2.13. The van der Waals surface area contributed by atoms with E-state index >= 15 is 0 Å². The summed E-state index contributed by atoms with van der Waals surface area (Å²) in [6.07, 6.45) is 5.13. The van der Waals surface area contributed by atoms with Gasteiger partial charge in [-0.25, -0.2) is 14.8 Å². The van der Waals surface area contributed by atoms with Gasteiger partial charge in [0.2, 0.25) is 5.88 Å². The lowest BCUT2D eigenvalue weighted by atomic mass is 10.1. The van der Waals surface area contributed by atoms with E-state index in [1.807, 2.05) is 6.07 Å². The molecule has 1 aromatic carbocycles. The summed E-state index contributed by atoms with van der Waals surface area (Å²) in [6, 6.07) is 10.7. The molecular weight excluding hydrogens is 380 g/mol. The van der Waals surface area contributed by atoms with Crippen LogP contribution in [0.3, 0.4) is 0 Å². The first-order valence-corrected chi connectivity index (χ1v) is 8.89. The molecule has 7 nitrogen and oxygen atoms in total. The van der Waals surface area contributed by atoms with E-state index in [9.17, 15) is 4.79 Å². The summed E-state index contributed by atoms with van der Waals surface area (Å²) in [4.78, 5) is 21.4. The second-order valence-corrected chi connectivity index (χ2v) is 6.63. The summed E-state index contributed by atoms with van der Waals surface area (Å²) in [5.41, 5.74) is 2.61. The molecule has 4 aromatic rings. The molecule has 0 aliphatic heterocycles. The number of hydrogen-bond donors (Lipinski definition) is 0. The summed E-state index contributed by atoms with van der Waals surface area (Å²) < 4.78 is 13.9. The third-order valence-corrected chi connectivity index (χ3v) is 4.54. The molecule has 3 heterocycles. The molecule has 0 radical (unpaired) electrons. The highest BCUT2D eigenvalue weighted by Crippen LogP contribution is 2.24. The van der Waals surface area contributed by atoms with Crippen molar-refractivity contribution >= 4 is 17.2 Å². The van der Waals surface area contributed by atoms with Gasteiger partial charge in [-0.05, 0) is 30.3 Å². The molecule has 0 spiro atoms. The molecule has 3 aromatic heterocycles. The fourth-order valence-corrected chi connectivity index (χ4v) is 2.99. The topological polar surface area (TPSA) is 70.7 Å². The number of aromatic nitrogens is 4. The predicted molar refractivity (Wildman–Crippen MR) is 106 cm³/mol. The lowest BCUT2D eigenvalue weighted by Crippen LogP contribution is -2.23. The van der Waals surface area contributed by atoms with Crippen LogP contribution >= 0.6 is 11.6 Å². The Morgan fingerprint density at radius 3 is 2.57 bits per heavy atom. The van der Waals surface area contributed by atoms with Crippen LogP contribution in [0.2, 0.25) is 5.02 Å². The van der Waals surface area contributed by atoms with E-state index < -0.39 is 0 Å². The van der Waals surface area contributed by atoms with Crippen molar-refractivity contribution in [3.05, 3.63) is 76.2 Å². The molecule has 8 heteroatoms. The second-order valence-electron chi connectivity index (χ2n) is 6.19. The Morgan fingerprint density at radius 1 is 1.11 bits per heavy atom. The summed E-state index contributed by atoms with van der Waals surface area (Å²) in [5.74, 6) is 1.19. The third kappa shape index (κ3) is 3.44. The molecule has 0 aliphatic rings. The lowest BCUT2D eigenvalue weighted by Gasteiger charge is -2.07. The first-order chi connectivity index (χ1) is 13.5. The van der Waals surface area contributed by atoms with Crippen LogP contribution in [-0.4, -0.2) is 26.0 Å². The average molecular weight is 397 g/mol. The van der Waals surface area contributed by atoms with Crippen LogP contribution in [0.5, 0.6) is 11.6 Å². The molecule has 142 valence electrons. The van der Waals surface area contributed by atoms with E-state index in [4.69, 9.17) is 21.1 Å². The number of fused-ring (bicyclic) bond motifs is 1. The molecule has 0 amide bonds. The van der Waals surface area contributed by atoms with Gasteiger partial charge in [0.15, 0.2) is 5.65 Å². The van der Waals surface area contributed by atoms with Crippen molar-refractivity contribution in [2.45, 2.75) is 6.61 Å². The van der Waals surface area contributed by atoms with Gasteiger partial charge in [0.25, 0.3) is 0 Å². The number of methoxy groups -OCH3 is 1. The zero-order chi connectivity index (χ0) is 19.7. The van der Waals surface area contributed by atoms with Gasteiger partial charge in [0.1, 0.15) is 12.4 Å². The Hall–Kier alpha value is -3.32. The Kier molecular flexibility index (Phi) is 4.75. The van der Waals surface area contributed by atoms with Gasteiger partial charge in [0, 0.05) is 47.9 Å². The van der Waals surface area contributed by atoms with Crippen molar-refractivity contribution in [1.29, 1.82) is 0 Å². The summed E-state index contributed by atoms with van der Waals surface area (Å²) >= 11 is 5.89. The highest BCUT2D eigenvalue weighted by atomic mass is 35.5. The largest absolute Gasteiger partial charge is 0.487 e. The van der Waals surface area contributed by atoms with Crippen molar-refractivity contribution in [2.24, 2.45) is 7.05 Å². The van der Waals surface area contributed by atoms with Crippen LogP contribution in [0.25, 0.3) is 16.8 Å². The fourth-order valence-electron chi connectivity index (χ4n) is 2.86. The monoisotopic (exact) mass is 396 g/mol. The normalized spacial score (nSPS) is 11.0. The Balaban J connectivity index is 1.71. The van der Waals surface area contributed by atoms with E-state index in [1.54, 1.807) is 63.1 Å². The standard InChI is InChI=1S/C20H17ClN4O3/c1-24-11-17(13-3-8-18(27-2)22-9-13)19-23-15(10-25(19)20(24)26)12-28-16-6-4-14(21)5-7-16/h3-11H,12H2,1-2H3. The van der Waals surface area contributed by atoms with Crippen LogP contribution in [0.1, 0.15) is 5.69 Å². The van der Waals surface area contributed by atoms with E-state index in [0.717, 1.165) is 11.1 Å². The molecule has 0 N–H and O–H groups in total. The number of ether oxygens (including phenoxy) is 2. The minimum atomic E-state index is -0.189. The zero-order valence-electron chi connectivity index (χ0n) is 15.3. The van der Waals surface area contributed by atoms with E-state index in [-0.39, 0.29) is 12.3 Å². The van der Waals surface area contributed by atoms with Gasteiger partial charge in [-0.2, -0.15) is 0 Å². The number of rotatable bonds is 5. The first-order valence-electron chi connectivity index (χ1n) is 8.51. The van der Waals surface area contributed by atoms with Crippen LogP contribution in [0.4, 0.5) is 0 Å². The summed E-state index contributed by atoms with van der Waals surface area (Å²) in [5, 5.41) is 0.640. The van der Waals surface area contributed by atoms with Crippen LogP contribution in [0, 0.1) is 0 Å². The zero-order valence-corrected chi connectivity index (χ0v) is 16.1. The average Bonchev–Trinajstić information content (AvgIpc) is 3.15. The first kappa shape index (κ1) is 18.1. The number of nitrogens with zero attached hydrogens (tertiary/aromatic N) is 4. The van der Waals surface area contributed by atoms with Gasteiger partial charge in [-0.1, -0.05) is 11.6 Å². The Labute approximate surface area is 165 Å².